The Bertz CT molecular complexity index is 609. The molecule has 0 aliphatic carbocycles. The van der Waals surface area contributed by atoms with Crippen molar-refractivity contribution in [3.05, 3.63) is 36.5 Å². The Balaban J connectivity index is 1.90. The number of nitrogens with one attached hydrogen (secondary N) is 1. The number of carboxylic acid groups (broad SMARTS) is 1. The molecular weight excluding hydrogens is 274 g/mol. The van der Waals surface area contributed by atoms with E-state index < -0.39 is 11.9 Å². The molecule has 2 heterocycles. The molecule has 1 amide bonds. The van der Waals surface area contributed by atoms with E-state index in [1.54, 1.807) is 19.1 Å². The predicted octanol–water partition coefficient (Wildman–Crippen LogP) is 0.503. The van der Waals surface area contributed by atoms with Crippen LogP contribution in [0, 0.1) is 5.92 Å². The second-order valence-corrected chi connectivity index (χ2v) is 4.53. The second-order valence-electron chi connectivity index (χ2n) is 4.53. The minimum atomic E-state index is -0.872. The Kier molecular flexibility index (Phi) is 4.60. The summed E-state index contributed by atoms with van der Waals surface area (Å²) < 4.78 is 1.48. The lowest BCUT2D eigenvalue weighted by Crippen LogP contribution is -2.27. The molecule has 1 unspecified atom stereocenters. The zero-order valence-electron chi connectivity index (χ0n) is 11.4. The van der Waals surface area contributed by atoms with Gasteiger partial charge >= 0.3 is 5.97 Å². The third-order valence-electron chi connectivity index (χ3n) is 2.95. The molecule has 2 aromatic heterocycles. The number of hydrogen-bond donors (Lipinski definition) is 2. The zero-order valence-corrected chi connectivity index (χ0v) is 11.4. The molecule has 0 saturated heterocycles. The average molecular weight is 289 g/mol. The molecule has 8 nitrogen and oxygen atoms in total. The lowest BCUT2D eigenvalue weighted by molar-refractivity contribution is -0.141. The van der Waals surface area contributed by atoms with E-state index in [1.807, 2.05) is 0 Å². The van der Waals surface area contributed by atoms with Crippen molar-refractivity contribution in [2.75, 3.05) is 6.54 Å². The van der Waals surface area contributed by atoms with Crippen molar-refractivity contribution in [1.82, 2.24) is 25.1 Å². The molecule has 0 spiro atoms. The van der Waals surface area contributed by atoms with E-state index in [-0.39, 0.29) is 5.91 Å². The van der Waals surface area contributed by atoms with Gasteiger partial charge in [0.1, 0.15) is 12.7 Å². The molecule has 21 heavy (non-hydrogen) atoms. The maximum absolute atomic E-state index is 11.9. The van der Waals surface area contributed by atoms with Crippen molar-refractivity contribution in [2.45, 2.75) is 13.3 Å². The molecule has 2 N–H and O–H groups in total. The number of aromatic nitrogens is 4. The van der Waals surface area contributed by atoms with E-state index in [2.05, 4.69) is 20.4 Å². The number of carbonyl (C=O) groups is 2. The first-order chi connectivity index (χ1) is 10.1. The Hall–Kier alpha value is -2.77. The fraction of sp³-hybridized carbons (Fsp3) is 0.308. The average Bonchev–Trinajstić information content (AvgIpc) is 3.01. The molecule has 0 aliphatic heterocycles. The summed E-state index contributed by atoms with van der Waals surface area (Å²) in [6.45, 7) is 1.90. The topological polar surface area (TPSA) is 110 Å². The molecule has 2 rings (SSSR count). The van der Waals surface area contributed by atoms with Crippen molar-refractivity contribution in [1.29, 1.82) is 0 Å². The van der Waals surface area contributed by atoms with Crippen LogP contribution in [0.4, 0.5) is 0 Å². The summed E-state index contributed by atoms with van der Waals surface area (Å²) in [5, 5.41) is 15.3. The van der Waals surface area contributed by atoms with Crippen molar-refractivity contribution in [3.63, 3.8) is 0 Å². The van der Waals surface area contributed by atoms with E-state index >= 15 is 0 Å². The number of carboxylic acids is 1. The summed E-state index contributed by atoms with van der Waals surface area (Å²) in [5.74, 6) is -1.09. The van der Waals surface area contributed by atoms with E-state index in [4.69, 9.17) is 5.11 Å². The summed E-state index contributed by atoms with van der Waals surface area (Å²) >= 11 is 0. The summed E-state index contributed by atoms with van der Waals surface area (Å²) in [4.78, 5) is 30.5. The van der Waals surface area contributed by atoms with Gasteiger partial charge in [-0.3, -0.25) is 9.59 Å². The first kappa shape index (κ1) is 14.6. The highest BCUT2D eigenvalue weighted by molar-refractivity contribution is 5.93. The Morgan fingerprint density at radius 2 is 2.24 bits per heavy atom. The highest BCUT2D eigenvalue weighted by atomic mass is 16.4. The third-order valence-corrected chi connectivity index (χ3v) is 2.95. The van der Waals surface area contributed by atoms with Gasteiger partial charge in [-0.25, -0.2) is 14.6 Å². The highest BCUT2D eigenvalue weighted by Crippen LogP contribution is 2.05. The molecule has 0 aliphatic rings. The van der Waals surface area contributed by atoms with E-state index in [0.29, 0.717) is 24.3 Å². The summed E-state index contributed by atoms with van der Waals surface area (Å²) in [7, 11) is 0. The third kappa shape index (κ3) is 3.85. The van der Waals surface area contributed by atoms with Gasteiger partial charge in [0.25, 0.3) is 5.91 Å². The molecule has 0 fully saturated rings. The quantitative estimate of drug-likeness (QED) is 0.801. The van der Waals surface area contributed by atoms with E-state index in [9.17, 15) is 9.59 Å². The first-order valence-electron chi connectivity index (χ1n) is 6.40. The minimum Gasteiger partial charge on any atom is -0.481 e. The van der Waals surface area contributed by atoms with Gasteiger partial charge in [-0.1, -0.05) is 6.92 Å². The van der Waals surface area contributed by atoms with Crippen LogP contribution in [-0.4, -0.2) is 43.3 Å². The number of rotatable bonds is 6. The van der Waals surface area contributed by atoms with Gasteiger partial charge in [0.05, 0.1) is 11.5 Å². The standard InChI is InChI=1S/C13H15N5O3/c1-9(13(20)21)4-5-15-12(19)10-2-3-11(16-6-10)18-8-14-7-17-18/h2-3,6-9H,4-5H2,1H3,(H,15,19)(H,20,21). The minimum absolute atomic E-state index is 0.287. The van der Waals surface area contributed by atoms with Gasteiger partial charge in [-0.15, -0.1) is 0 Å². The van der Waals surface area contributed by atoms with Gasteiger partial charge in [-0.05, 0) is 18.6 Å². The smallest absolute Gasteiger partial charge is 0.306 e. The number of nitrogens with zero attached hydrogens (tertiary/aromatic N) is 4. The van der Waals surface area contributed by atoms with E-state index in [0.717, 1.165) is 0 Å². The first-order valence-corrected chi connectivity index (χ1v) is 6.40. The predicted molar refractivity (Wildman–Crippen MR) is 72.9 cm³/mol. The SMILES string of the molecule is CC(CCNC(=O)c1ccc(-n2cncn2)nc1)C(=O)O. The monoisotopic (exact) mass is 289 g/mol. The van der Waals surface area contributed by atoms with Crippen LogP contribution in [0.5, 0.6) is 0 Å². The number of carbonyl (C=O) groups excluding carboxylic acids is 1. The van der Waals surface area contributed by atoms with Crippen LogP contribution in [0.3, 0.4) is 0 Å². The number of amides is 1. The Morgan fingerprint density at radius 1 is 1.43 bits per heavy atom. The molecule has 0 bridgehead atoms. The largest absolute Gasteiger partial charge is 0.481 e. The van der Waals surface area contributed by atoms with Crippen molar-refractivity contribution < 1.29 is 14.7 Å². The maximum atomic E-state index is 11.9. The van der Waals surface area contributed by atoms with Gasteiger partial charge < -0.3 is 10.4 Å². The van der Waals surface area contributed by atoms with Crippen LogP contribution < -0.4 is 5.32 Å². The van der Waals surface area contributed by atoms with Crippen LogP contribution in [0.25, 0.3) is 5.82 Å². The van der Waals surface area contributed by atoms with Crippen LogP contribution in [0.2, 0.25) is 0 Å². The van der Waals surface area contributed by atoms with Crippen LogP contribution in [0.1, 0.15) is 23.7 Å². The highest BCUT2D eigenvalue weighted by Gasteiger charge is 2.12. The van der Waals surface area contributed by atoms with Crippen LogP contribution >= 0.6 is 0 Å². The molecule has 1 atom stereocenters. The van der Waals surface area contributed by atoms with Crippen molar-refractivity contribution in [2.24, 2.45) is 5.92 Å². The maximum Gasteiger partial charge on any atom is 0.306 e. The van der Waals surface area contributed by atoms with E-state index in [1.165, 1.54) is 23.5 Å². The van der Waals surface area contributed by atoms with Gasteiger partial charge in [0.15, 0.2) is 5.82 Å². The van der Waals surface area contributed by atoms with Gasteiger partial charge in [0.2, 0.25) is 0 Å². The van der Waals surface area contributed by atoms with Crippen molar-refractivity contribution in [3.8, 4) is 5.82 Å². The molecule has 110 valence electrons. The normalized spacial score (nSPS) is 11.9. The van der Waals surface area contributed by atoms with Crippen LogP contribution in [-0.2, 0) is 4.79 Å². The van der Waals surface area contributed by atoms with Crippen LogP contribution in [0.15, 0.2) is 31.0 Å². The zero-order chi connectivity index (χ0) is 15.2. The molecule has 0 saturated carbocycles. The lowest BCUT2D eigenvalue weighted by atomic mass is 10.1. The van der Waals surface area contributed by atoms with Gasteiger partial charge in [0, 0.05) is 12.7 Å². The number of hydrogen-bond acceptors (Lipinski definition) is 5. The molecule has 8 heteroatoms. The Morgan fingerprint density at radius 3 is 2.81 bits per heavy atom. The summed E-state index contributed by atoms with van der Waals surface area (Å²) in [6.07, 6.45) is 4.72. The Labute approximate surface area is 120 Å². The molecule has 0 aromatic carbocycles. The number of pyridine rings is 1. The second kappa shape index (κ2) is 6.60. The molecular formula is C13H15N5O3. The van der Waals surface area contributed by atoms with Gasteiger partial charge in [-0.2, -0.15) is 5.10 Å². The summed E-state index contributed by atoms with van der Waals surface area (Å²) in [6, 6.07) is 3.28. The number of aliphatic carboxylic acids is 1. The molecule has 0 radical (unpaired) electrons. The summed E-state index contributed by atoms with van der Waals surface area (Å²) in [5.41, 5.74) is 0.404. The lowest BCUT2D eigenvalue weighted by Gasteiger charge is -2.08. The fourth-order valence-corrected chi connectivity index (χ4v) is 1.61. The molecule has 2 aromatic rings. The van der Waals surface area contributed by atoms with Crippen molar-refractivity contribution >= 4 is 11.9 Å². The fourth-order valence-electron chi connectivity index (χ4n) is 1.61.